The lowest BCUT2D eigenvalue weighted by Gasteiger charge is -2.20. The van der Waals surface area contributed by atoms with Crippen LogP contribution in [0.5, 0.6) is 5.75 Å². The second kappa shape index (κ2) is 8.34. The average Bonchev–Trinajstić information content (AvgIpc) is 3.17. The Morgan fingerprint density at radius 2 is 1.81 bits per heavy atom. The number of amides is 1. The fourth-order valence-corrected chi connectivity index (χ4v) is 2.77. The predicted octanol–water partition coefficient (Wildman–Crippen LogP) is 4.14. The molecule has 1 heterocycles. The molecule has 1 amide bonds. The summed E-state index contributed by atoms with van der Waals surface area (Å²) in [6.45, 7) is 5.77. The number of aromatic amines is 1. The predicted molar refractivity (Wildman–Crippen MR) is 102 cm³/mol. The number of ether oxygens (including phenoxy) is 1. The van der Waals surface area contributed by atoms with Crippen LogP contribution in [0.3, 0.4) is 0 Å². The van der Waals surface area contributed by atoms with Gasteiger partial charge < -0.3 is 9.64 Å². The highest BCUT2D eigenvalue weighted by Gasteiger charge is 2.17. The van der Waals surface area contributed by atoms with Gasteiger partial charge in [-0.2, -0.15) is 5.10 Å². The van der Waals surface area contributed by atoms with E-state index in [2.05, 4.69) is 10.2 Å². The van der Waals surface area contributed by atoms with Crippen LogP contribution in [0.25, 0.3) is 11.3 Å². The Morgan fingerprint density at radius 3 is 2.46 bits per heavy atom. The lowest BCUT2D eigenvalue weighted by molar-refractivity contribution is 0.0746. The van der Waals surface area contributed by atoms with Crippen LogP contribution in [0.1, 0.15) is 29.9 Å². The molecule has 0 bridgehead atoms. The first kappa shape index (κ1) is 17.7. The van der Waals surface area contributed by atoms with Gasteiger partial charge in [0, 0.05) is 18.7 Å². The molecule has 0 saturated carbocycles. The average molecular weight is 349 g/mol. The Bertz CT molecular complexity index is 841. The van der Waals surface area contributed by atoms with Crippen LogP contribution in [0.15, 0.2) is 60.7 Å². The first-order valence-electron chi connectivity index (χ1n) is 8.83. The van der Waals surface area contributed by atoms with Gasteiger partial charge in [-0.25, -0.2) is 0 Å². The van der Waals surface area contributed by atoms with Crippen molar-refractivity contribution in [2.24, 2.45) is 0 Å². The van der Waals surface area contributed by atoms with E-state index in [9.17, 15) is 4.79 Å². The van der Waals surface area contributed by atoms with Gasteiger partial charge >= 0.3 is 0 Å². The van der Waals surface area contributed by atoms with Crippen molar-refractivity contribution in [3.8, 4) is 17.0 Å². The van der Waals surface area contributed by atoms with E-state index >= 15 is 0 Å². The van der Waals surface area contributed by atoms with Crippen LogP contribution in [0.2, 0.25) is 0 Å². The Labute approximate surface area is 153 Å². The van der Waals surface area contributed by atoms with E-state index in [4.69, 9.17) is 4.74 Å². The van der Waals surface area contributed by atoms with Gasteiger partial charge in [0.1, 0.15) is 11.4 Å². The van der Waals surface area contributed by atoms with Gasteiger partial charge in [0.05, 0.1) is 12.3 Å². The number of nitrogens with one attached hydrogen (secondary N) is 1. The first-order chi connectivity index (χ1) is 12.7. The molecule has 1 aromatic heterocycles. The monoisotopic (exact) mass is 349 g/mol. The van der Waals surface area contributed by atoms with Gasteiger partial charge in [0.2, 0.25) is 0 Å². The van der Waals surface area contributed by atoms with Crippen molar-refractivity contribution in [3.63, 3.8) is 0 Å². The van der Waals surface area contributed by atoms with E-state index in [0.717, 1.165) is 22.6 Å². The van der Waals surface area contributed by atoms with E-state index in [1.54, 1.807) is 11.0 Å². The summed E-state index contributed by atoms with van der Waals surface area (Å²) in [5.41, 5.74) is 3.28. The minimum Gasteiger partial charge on any atom is -0.494 e. The third-order valence-electron chi connectivity index (χ3n) is 4.15. The van der Waals surface area contributed by atoms with Crippen molar-refractivity contribution in [2.75, 3.05) is 13.2 Å². The molecule has 0 radical (unpaired) electrons. The number of aromatic nitrogens is 2. The molecule has 1 N–H and O–H groups in total. The molecule has 3 aromatic rings. The number of hydrogen-bond acceptors (Lipinski definition) is 3. The molecule has 0 aliphatic carbocycles. The molecule has 5 heteroatoms. The van der Waals surface area contributed by atoms with Crippen molar-refractivity contribution in [2.45, 2.75) is 20.4 Å². The number of hydrogen-bond donors (Lipinski definition) is 1. The summed E-state index contributed by atoms with van der Waals surface area (Å²) >= 11 is 0. The van der Waals surface area contributed by atoms with Crippen molar-refractivity contribution < 1.29 is 9.53 Å². The number of H-pyrrole nitrogens is 1. The Kier molecular flexibility index (Phi) is 5.69. The SMILES string of the molecule is CCOc1ccc(-c2cc(C(=O)N(CC)Cc3ccccc3)[nH]n2)cc1. The largest absolute Gasteiger partial charge is 0.494 e. The highest BCUT2D eigenvalue weighted by Crippen LogP contribution is 2.22. The minimum atomic E-state index is -0.0546. The quantitative estimate of drug-likeness (QED) is 0.697. The standard InChI is InChI=1S/C21H23N3O2/c1-3-24(15-16-8-6-5-7-9-16)21(25)20-14-19(22-23-20)17-10-12-18(13-11-17)26-4-2/h5-14H,3-4,15H2,1-2H3,(H,22,23). The van der Waals surface area contributed by atoms with Gasteiger partial charge in [-0.3, -0.25) is 9.89 Å². The summed E-state index contributed by atoms with van der Waals surface area (Å²) in [5, 5.41) is 7.17. The van der Waals surface area contributed by atoms with Gasteiger partial charge in [0.25, 0.3) is 5.91 Å². The summed E-state index contributed by atoms with van der Waals surface area (Å²) in [4.78, 5) is 14.6. The number of carbonyl (C=O) groups excluding carboxylic acids is 1. The van der Waals surface area contributed by atoms with E-state index in [1.165, 1.54) is 0 Å². The number of nitrogens with zero attached hydrogens (tertiary/aromatic N) is 2. The molecule has 0 saturated heterocycles. The molecule has 3 rings (SSSR count). The Morgan fingerprint density at radius 1 is 1.08 bits per heavy atom. The molecule has 0 aliphatic heterocycles. The fraction of sp³-hybridized carbons (Fsp3) is 0.238. The third-order valence-corrected chi connectivity index (χ3v) is 4.15. The van der Waals surface area contributed by atoms with Gasteiger partial charge in [-0.15, -0.1) is 0 Å². The Balaban J connectivity index is 1.74. The topological polar surface area (TPSA) is 58.2 Å². The van der Waals surface area contributed by atoms with Crippen molar-refractivity contribution >= 4 is 5.91 Å². The second-order valence-corrected chi connectivity index (χ2v) is 5.93. The summed E-state index contributed by atoms with van der Waals surface area (Å²) in [6, 6.07) is 19.5. The molecule has 0 atom stereocenters. The second-order valence-electron chi connectivity index (χ2n) is 5.93. The molecular formula is C21H23N3O2. The smallest absolute Gasteiger partial charge is 0.272 e. The normalized spacial score (nSPS) is 10.5. The van der Waals surface area contributed by atoms with Crippen LogP contribution in [-0.4, -0.2) is 34.2 Å². The molecule has 2 aromatic carbocycles. The highest BCUT2D eigenvalue weighted by molar-refractivity contribution is 5.93. The first-order valence-corrected chi connectivity index (χ1v) is 8.83. The van der Waals surface area contributed by atoms with Crippen LogP contribution in [0, 0.1) is 0 Å². The summed E-state index contributed by atoms with van der Waals surface area (Å²) in [5.74, 6) is 0.768. The van der Waals surface area contributed by atoms with E-state index < -0.39 is 0 Å². The number of carbonyl (C=O) groups is 1. The number of rotatable bonds is 7. The fourth-order valence-electron chi connectivity index (χ4n) is 2.77. The zero-order valence-corrected chi connectivity index (χ0v) is 15.1. The van der Waals surface area contributed by atoms with Crippen LogP contribution >= 0.6 is 0 Å². The maximum atomic E-state index is 12.8. The molecule has 0 unspecified atom stereocenters. The molecule has 134 valence electrons. The minimum absolute atomic E-state index is 0.0546. The Hall–Kier alpha value is -3.08. The molecule has 26 heavy (non-hydrogen) atoms. The third kappa shape index (κ3) is 4.11. The van der Waals surface area contributed by atoms with Crippen LogP contribution < -0.4 is 4.74 Å². The van der Waals surface area contributed by atoms with E-state index in [0.29, 0.717) is 25.4 Å². The molecule has 0 spiro atoms. The summed E-state index contributed by atoms with van der Waals surface area (Å²) in [6.07, 6.45) is 0. The van der Waals surface area contributed by atoms with Crippen LogP contribution in [-0.2, 0) is 6.54 Å². The van der Waals surface area contributed by atoms with Crippen molar-refractivity contribution in [1.29, 1.82) is 0 Å². The maximum Gasteiger partial charge on any atom is 0.272 e. The van der Waals surface area contributed by atoms with Gasteiger partial charge in [-0.1, -0.05) is 30.3 Å². The molecule has 5 nitrogen and oxygen atoms in total. The number of benzene rings is 2. The van der Waals surface area contributed by atoms with Gasteiger partial charge in [-0.05, 0) is 49.7 Å². The lowest BCUT2D eigenvalue weighted by Crippen LogP contribution is -2.30. The van der Waals surface area contributed by atoms with Crippen LogP contribution in [0.4, 0.5) is 0 Å². The van der Waals surface area contributed by atoms with E-state index in [1.807, 2.05) is 68.4 Å². The summed E-state index contributed by atoms with van der Waals surface area (Å²) in [7, 11) is 0. The summed E-state index contributed by atoms with van der Waals surface area (Å²) < 4.78 is 5.45. The lowest BCUT2D eigenvalue weighted by atomic mass is 10.1. The molecule has 0 aliphatic rings. The van der Waals surface area contributed by atoms with Gasteiger partial charge in [0.15, 0.2) is 0 Å². The van der Waals surface area contributed by atoms with E-state index in [-0.39, 0.29) is 5.91 Å². The van der Waals surface area contributed by atoms with Crippen molar-refractivity contribution in [1.82, 2.24) is 15.1 Å². The highest BCUT2D eigenvalue weighted by atomic mass is 16.5. The van der Waals surface area contributed by atoms with Crippen molar-refractivity contribution in [3.05, 3.63) is 71.9 Å². The zero-order chi connectivity index (χ0) is 18.4. The molecular weight excluding hydrogens is 326 g/mol. The zero-order valence-electron chi connectivity index (χ0n) is 15.1. The maximum absolute atomic E-state index is 12.8. The molecule has 0 fully saturated rings.